The van der Waals surface area contributed by atoms with Gasteiger partial charge >= 0.3 is 0 Å². The predicted molar refractivity (Wildman–Crippen MR) is 541 cm³/mol. The highest BCUT2D eigenvalue weighted by Gasteiger charge is 2.57. The van der Waals surface area contributed by atoms with Gasteiger partial charge in [-0.2, -0.15) is 0 Å². The second-order valence-corrected chi connectivity index (χ2v) is 40.8. The first-order valence-electron chi connectivity index (χ1n) is 53.3. The molecule has 2 aliphatic carbocycles. The minimum Gasteiger partial charge on any atom is -0.436 e. The van der Waals surface area contributed by atoms with Gasteiger partial charge in [0.15, 0.2) is 50.3 Å². The van der Waals surface area contributed by atoms with Crippen molar-refractivity contribution in [3.05, 3.63) is 275 Å². The van der Waals surface area contributed by atoms with Crippen molar-refractivity contribution in [1.29, 1.82) is 0 Å². The molecule has 22 rings (SSSR count). The Kier molecular flexibility index (Phi) is 20.3. The van der Waals surface area contributed by atoms with Crippen molar-refractivity contribution in [2.45, 2.75) is 288 Å². The van der Waals surface area contributed by atoms with Crippen molar-refractivity contribution in [3.63, 3.8) is 0 Å². The SMILES string of the molecule is Cc1cccc2c1-n1c(cc[n+]1C)C(C)(C)C2(C)C.Cc1ccccc1-n1ccc(-c2ccccc2)[n+]1C.Cc1ccccc1-n1ccc[n+]1C.[2H]C([2H])([2H])C1(C([2H])([2H])[2H])[C@H](C)N(c2c(C)ccc3c2oc2nc(C)ccc23)C(C)(C)C1([2H])[2H].[2H]C1([2H])C2(CCCCC2)[C@H](C)N(c2c(C)ccc3c2oc2nc(C)ccc23)C1(C)C.[2H]C1([2H])C2(CCCCC2)[C@H](C)N(c2c(C)ccc3c2oc2ncccc23)C1(C)C. The van der Waals surface area contributed by atoms with Gasteiger partial charge in [-0.25, -0.2) is 15.0 Å². The van der Waals surface area contributed by atoms with Gasteiger partial charge in [-0.05, 0) is 278 Å². The lowest BCUT2D eigenvalue weighted by molar-refractivity contribution is -0.745. The van der Waals surface area contributed by atoms with E-state index < -0.39 is 60.9 Å². The van der Waals surface area contributed by atoms with Gasteiger partial charge in [0.25, 0.3) is 0 Å². The largest absolute Gasteiger partial charge is 0.436 e. The van der Waals surface area contributed by atoms with Gasteiger partial charge in [-0.1, -0.05) is 189 Å². The molecule has 131 heavy (non-hydrogen) atoms. The molecule has 0 bridgehead atoms. The lowest BCUT2D eigenvalue weighted by Gasteiger charge is -2.46. The third-order valence-electron chi connectivity index (χ3n) is 30.3. The van der Waals surface area contributed by atoms with E-state index in [1.807, 2.05) is 88.6 Å². The summed E-state index contributed by atoms with van der Waals surface area (Å²) in [5.41, 5.74) is 18.2. The predicted octanol–water partition coefficient (Wildman–Crippen LogP) is 27.6. The number of para-hydroxylation sites is 3. The van der Waals surface area contributed by atoms with Crippen molar-refractivity contribution in [2.75, 3.05) is 14.7 Å². The molecule has 0 radical (unpaired) electrons. The van der Waals surface area contributed by atoms with E-state index in [1.165, 1.54) is 76.0 Å². The maximum Gasteiger partial charge on any atom is 0.238 e. The molecular weight excluding hydrogens is 1610 g/mol. The number of benzene rings is 7. The fraction of sp³-hybridized carbons (Fsp3) is 0.431. The van der Waals surface area contributed by atoms with Crippen LogP contribution in [0.25, 0.3) is 94.5 Å². The van der Waals surface area contributed by atoms with E-state index in [1.54, 1.807) is 24.9 Å². The zero-order valence-corrected chi connectivity index (χ0v) is 81.7. The topological polar surface area (TPSA) is 114 Å². The Hall–Kier alpha value is -11.6. The van der Waals surface area contributed by atoms with E-state index in [4.69, 9.17) is 24.2 Å². The number of hydrogen-bond acceptors (Lipinski definition) is 9. The van der Waals surface area contributed by atoms with Crippen LogP contribution in [0.4, 0.5) is 17.1 Å². The molecular formula is C116H143N12O3+3. The Labute approximate surface area is 795 Å². The molecule has 0 N–H and O–H groups in total. The van der Waals surface area contributed by atoms with Gasteiger partial charge in [0.05, 0.1) is 35.1 Å². The van der Waals surface area contributed by atoms with E-state index in [9.17, 15) is 5.48 Å². The first kappa shape index (κ1) is 77.1. The number of nitrogens with zero attached hydrogens (tertiary/aromatic N) is 12. The molecule has 2 spiro atoms. The Morgan fingerprint density at radius 1 is 0.382 bits per heavy atom. The molecule has 13 heterocycles. The molecule has 9 aromatic heterocycles. The number of aromatic nitrogens is 9. The zero-order chi connectivity index (χ0) is 104. The van der Waals surface area contributed by atoms with Gasteiger partial charge in [-0.15, -0.1) is 28.1 Å². The highest BCUT2D eigenvalue weighted by molar-refractivity contribution is 6.11. The molecule has 6 aliphatic rings. The quantitative estimate of drug-likeness (QED) is 0.150. The highest BCUT2D eigenvalue weighted by Crippen LogP contribution is 2.60. The first-order valence-corrected chi connectivity index (χ1v) is 47.3. The van der Waals surface area contributed by atoms with E-state index in [2.05, 4.69) is 323 Å². The minimum absolute atomic E-state index is 0.0926. The molecule has 3 atom stereocenters. The number of aryl methyl sites for hydroxylation is 10. The second kappa shape index (κ2) is 34.5. The fourth-order valence-electron chi connectivity index (χ4n) is 22.9. The summed E-state index contributed by atoms with van der Waals surface area (Å²) in [6, 6.07) is 63.5. The number of furan rings is 3. The zero-order valence-electron chi connectivity index (χ0n) is 93.7. The van der Waals surface area contributed by atoms with Crippen LogP contribution in [0.3, 0.4) is 0 Å². The molecule has 0 amide bonds. The van der Waals surface area contributed by atoms with Crippen molar-refractivity contribution < 1.29 is 43.7 Å². The second-order valence-electron chi connectivity index (χ2n) is 40.8. The molecule has 4 aliphatic heterocycles. The lowest BCUT2D eigenvalue weighted by Crippen LogP contribution is -2.51. The van der Waals surface area contributed by atoms with Crippen molar-refractivity contribution >= 4 is 83.3 Å². The molecule has 15 heteroatoms. The number of pyridine rings is 3. The number of hydrogen-bond donors (Lipinski definition) is 0. The molecule has 5 fully saturated rings. The minimum atomic E-state index is -3.10. The summed E-state index contributed by atoms with van der Waals surface area (Å²) in [6.07, 6.45) is 15.7. The van der Waals surface area contributed by atoms with Crippen LogP contribution in [0.1, 0.15) is 260 Å². The van der Waals surface area contributed by atoms with Crippen molar-refractivity contribution in [3.8, 4) is 28.3 Å². The third-order valence-corrected chi connectivity index (χ3v) is 30.3. The van der Waals surface area contributed by atoms with Crippen LogP contribution in [-0.2, 0) is 32.0 Å². The average Bonchev–Trinajstić information content (AvgIpc) is 1.49. The third kappa shape index (κ3) is 16.1. The molecule has 16 aromatic rings. The van der Waals surface area contributed by atoms with Crippen LogP contribution in [0.2, 0.25) is 0 Å². The normalized spacial score (nSPS) is 22.4. The summed E-state index contributed by atoms with van der Waals surface area (Å²) in [7, 11) is 6.25. The summed E-state index contributed by atoms with van der Waals surface area (Å²) >= 11 is 0. The lowest BCUT2D eigenvalue weighted by atomic mass is 9.60. The summed E-state index contributed by atoms with van der Waals surface area (Å²) in [6.45, 7) is 37.0. The van der Waals surface area contributed by atoms with Gasteiger partial charge in [0.1, 0.15) is 17.1 Å². The van der Waals surface area contributed by atoms with Gasteiger partial charge in [0, 0.05) is 136 Å². The summed E-state index contributed by atoms with van der Waals surface area (Å²) in [4.78, 5) is 19.8. The molecule has 2 saturated carbocycles. The van der Waals surface area contributed by atoms with E-state index >= 15 is 0 Å². The Bertz CT molecular complexity index is 7480. The van der Waals surface area contributed by atoms with Gasteiger partial charge < -0.3 is 28.0 Å². The highest BCUT2D eigenvalue weighted by atomic mass is 16.3. The van der Waals surface area contributed by atoms with Gasteiger partial charge in [-0.3, -0.25) is 0 Å². The van der Waals surface area contributed by atoms with Crippen LogP contribution in [0.15, 0.2) is 232 Å². The monoisotopic (exact) mass is 1760 g/mol. The summed E-state index contributed by atoms with van der Waals surface area (Å²) < 4.78 is 137. The van der Waals surface area contributed by atoms with Crippen LogP contribution in [0.5, 0.6) is 0 Å². The van der Waals surface area contributed by atoms with Crippen molar-refractivity contribution in [2.24, 2.45) is 37.4 Å². The number of anilines is 3. The molecule has 7 aromatic carbocycles. The van der Waals surface area contributed by atoms with Crippen LogP contribution in [0, 0.1) is 71.6 Å². The number of fused-ring (bicyclic) bond motifs is 12. The fourth-order valence-corrected chi connectivity index (χ4v) is 22.9. The van der Waals surface area contributed by atoms with E-state index in [0.717, 1.165) is 134 Å². The van der Waals surface area contributed by atoms with Crippen LogP contribution < -0.4 is 28.7 Å². The average molecular weight is 1770 g/mol. The Morgan fingerprint density at radius 2 is 0.824 bits per heavy atom. The Balaban J connectivity index is 0.000000120. The maximum absolute atomic E-state index is 9.34. The molecule has 682 valence electrons. The molecule has 0 unspecified atom stereocenters. The van der Waals surface area contributed by atoms with E-state index in [0.29, 0.717) is 28.4 Å². The first-order chi connectivity index (χ1) is 67.1. The smallest absolute Gasteiger partial charge is 0.238 e. The standard InChI is InChI=1S/C25H32N2O.C24H30N2O.C22H28N2O.C17H23N2.C17H17N2.C11H13N2/c1-16-9-11-19-20-12-10-17(2)26-23(20)28-22(19)21(16)27-18(3)25(15-24(27,4)5)13-7-6-8-14-25;1-16-10-11-18-19-9-8-14-25-22(19)27-21(18)20(16)26-17(2)24(15-23(26,3)4)12-6-5-7-13-24;1-13-8-10-16-17-11-9-14(2)23-20(17)25-19(16)18(13)24-15(3)21(4,5)12-22(24,6)7;1-12-8-7-9-13-15(12)19-14(10-11-18(19)6)17(4,5)16(13,2)3;1-14-8-6-7-11-16(14)19-13-12-17(18(19)2)15-9-4-3-5-10-15;1-10-6-3-4-7-11(10)13-9-5-8-12(13)2/h9-12,18H,6-8,13-15H2,1-5H3;8-11,14,17H,5-7,12-13,15H2,1-4H3;8-11,15H,12H2,1-7H3;7-11H,1-6H3;3-13H,1-2H3;3-9H,1-2H3/q;;;3*+1/t18-;17-;15-;;;/m000.../s1/i2*15D2;4D3,5D3,12D2;;;. The summed E-state index contributed by atoms with van der Waals surface area (Å²) in [5.74, 6) is 0. The summed E-state index contributed by atoms with van der Waals surface area (Å²) in [5, 5.41) is 5.69. The maximum atomic E-state index is 9.34. The van der Waals surface area contributed by atoms with Crippen LogP contribution >= 0.6 is 0 Å². The van der Waals surface area contributed by atoms with E-state index in [-0.39, 0.29) is 33.7 Å². The number of rotatable bonds is 6. The van der Waals surface area contributed by atoms with Crippen molar-refractivity contribution in [1.82, 2.24) is 29.0 Å². The van der Waals surface area contributed by atoms with Gasteiger partial charge in [0.2, 0.25) is 22.8 Å². The van der Waals surface area contributed by atoms with Crippen LogP contribution in [-0.4, -0.2) is 63.7 Å². The Morgan fingerprint density at radius 3 is 1.31 bits per heavy atom. The molecule has 3 saturated heterocycles. The molecule has 15 nitrogen and oxygen atoms in total.